The highest BCUT2D eigenvalue weighted by Crippen LogP contribution is 2.51. The van der Waals surface area contributed by atoms with Crippen molar-refractivity contribution in [3.8, 4) is 0 Å². The molecule has 11 heteroatoms. The van der Waals surface area contributed by atoms with Crippen LogP contribution in [0.15, 0.2) is 0 Å². The third kappa shape index (κ3) is 4.34. The summed E-state index contributed by atoms with van der Waals surface area (Å²) >= 11 is 0. The van der Waals surface area contributed by atoms with E-state index < -0.39 is 60.9 Å². The van der Waals surface area contributed by atoms with Crippen LogP contribution in [0.5, 0.6) is 0 Å². The number of rotatable bonds is 6. The SMILES string of the molecule is CC1(C)O[C@@]2(C)CC[C@@H]1[C@@H](O[C@H]1O[C@@H](CO[C@H]3OC[C@@](O)(CO)[C@H]3O)[C@@H](O)[C@@H](O)[C@H]1O)C2. The van der Waals surface area contributed by atoms with E-state index in [2.05, 4.69) is 0 Å². The highest BCUT2D eigenvalue weighted by Gasteiger charge is 2.56. The Kier molecular flexibility index (Phi) is 6.67. The quantitative estimate of drug-likeness (QED) is 0.257. The van der Waals surface area contributed by atoms with Gasteiger partial charge < -0.3 is 54.3 Å². The lowest BCUT2D eigenvalue weighted by atomic mass is 9.67. The molecular formula is C21H36O11. The van der Waals surface area contributed by atoms with E-state index in [1.807, 2.05) is 20.8 Å². The number of hydrogen-bond acceptors (Lipinski definition) is 11. The molecule has 0 aromatic rings. The van der Waals surface area contributed by atoms with E-state index >= 15 is 0 Å². The summed E-state index contributed by atoms with van der Waals surface area (Å²) in [5, 5.41) is 60.6. The van der Waals surface area contributed by atoms with Gasteiger partial charge in [-0.05, 0) is 33.6 Å². The molecule has 5 fully saturated rings. The van der Waals surface area contributed by atoms with E-state index in [1.54, 1.807) is 0 Å². The van der Waals surface area contributed by atoms with Crippen molar-refractivity contribution in [3.05, 3.63) is 0 Å². The number of aliphatic hydroxyl groups excluding tert-OH is 5. The summed E-state index contributed by atoms with van der Waals surface area (Å²) < 4.78 is 28.8. The van der Waals surface area contributed by atoms with Gasteiger partial charge in [0, 0.05) is 12.3 Å². The van der Waals surface area contributed by atoms with Crippen LogP contribution >= 0.6 is 0 Å². The van der Waals surface area contributed by atoms with Crippen LogP contribution < -0.4 is 0 Å². The summed E-state index contributed by atoms with van der Waals surface area (Å²) in [6, 6.07) is 0. The zero-order valence-electron chi connectivity index (χ0n) is 18.7. The Morgan fingerprint density at radius 2 is 1.72 bits per heavy atom. The van der Waals surface area contributed by atoms with Gasteiger partial charge in [0.05, 0.1) is 37.1 Å². The monoisotopic (exact) mass is 464 g/mol. The molecule has 32 heavy (non-hydrogen) atoms. The molecule has 2 bridgehead atoms. The minimum Gasteiger partial charge on any atom is -0.393 e. The van der Waals surface area contributed by atoms with Crippen LogP contribution in [0.2, 0.25) is 0 Å². The van der Waals surface area contributed by atoms with E-state index in [4.69, 9.17) is 23.7 Å². The van der Waals surface area contributed by atoms with Crippen molar-refractivity contribution in [2.24, 2.45) is 5.92 Å². The highest BCUT2D eigenvalue weighted by molar-refractivity contribution is 5.04. The first-order chi connectivity index (χ1) is 14.9. The van der Waals surface area contributed by atoms with Gasteiger partial charge in [-0.1, -0.05) is 0 Å². The first kappa shape index (κ1) is 24.7. The second-order valence-electron chi connectivity index (χ2n) is 10.4. The summed E-state index contributed by atoms with van der Waals surface area (Å²) in [7, 11) is 0. The van der Waals surface area contributed by atoms with Gasteiger partial charge >= 0.3 is 0 Å². The van der Waals surface area contributed by atoms with Crippen molar-refractivity contribution in [2.75, 3.05) is 19.8 Å². The molecule has 0 aromatic carbocycles. The predicted octanol–water partition coefficient (Wildman–Crippen LogP) is -2.00. The van der Waals surface area contributed by atoms with Crippen molar-refractivity contribution in [1.82, 2.24) is 0 Å². The van der Waals surface area contributed by atoms with Gasteiger partial charge in [0.25, 0.3) is 0 Å². The lowest BCUT2D eigenvalue weighted by Crippen LogP contribution is -2.64. The van der Waals surface area contributed by atoms with Gasteiger partial charge in [-0.2, -0.15) is 0 Å². The summed E-state index contributed by atoms with van der Waals surface area (Å²) in [5.41, 5.74) is -2.60. The fourth-order valence-electron chi connectivity index (χ4n) is 5.52. The molecule has 4 saturated heterocycles. The van der Waals surface area contributed by atoms with E-state index in [9.17, 15) is 30.6 Å². The third-order valence-corrected chi connectivity index (χ3v) is 7.45. The van der Waals surface area contributed by atoms with E-state index in [0.29, 0.717) is 6.42 Å². The van der Waals surface area contributed by atoms with Crippen LogP contribution in [-0.2, 0) is 23.7 Å². The van der Waals surface area contributed by atoms with Crippen LogP contribution in [0.3, 0.4) is 0 Å². The van der Waals surface area contributed by atoms with Crippen LogP contribution in [0, 0.1) is 5.92 Å². The number of aliphatic hydroxyl groups is 6. The van der Waals surface area contributed by atoms with E-state index in [0.717, 1.165) is 12.8 Å². The molecule has 0 spiro atoms. The van der Waals surface area contributed by atoms with Crippen LogP contribution in [0.25, 0.3) is 0 Å². The maximum atomic E-state index is 10.5. The molecule has 6 N–H and O–H groups in total. The van der Waals surface area contributed by atoms with Gasteiger partial charge in [0.15, 0.2) is 12.6 Å². The van der Waals surface area contributed by atoms with Crippen molar-refractivity contribution >= 4 is 0 Å². The molecule has 0 radical (unpaired) electrons. The Hall–Kier alpha value is -0.440. The predicted molar refractivity (Wildman–Crippen MR) is 106 cm³/mol. The molecule has 11 nitrogen and oxygen atoms in total. The Morgan fingerprint density at radius 3 is 2.31 bits per heavy atom. The average molecular weight is 465 g/mol. The molecule has 0 aromatic heterocycles. The normalized spacial score (nSPS) is 53.0. The van der Waals surface area contributed by atoms with Crippen LogP contribution in [0.1, 0.15) is 40.0 Å². The minimum absolute atomic E-state index is 0.0806. The molecule has 1 aliphatic carbocycles. The Balaban J connectivity index is 1.40. The molecule has 5 aliphatic rings. The van der Waals surface area contributed by atoms with Crippen molar-refractivity contribution in [1.29, 1.82) is 0 Å². The largest absolute Gasteiger partial charge is 0.393 e. The second-order valence-corrected chi connectivity index (χ2v) is 10.4. The Labute approximate surface area is 186 Å². The molecule has 186 valence electrons. The fourth-order valence-corrected chi connectivity index (χ4v) is 5.52. The molecular weight excluding hydrogens is 428 g/mol. The fraction of sp³-hybridized carbons (Fsp3) is 1.00. The first-order valence-corrected chi connectivity index (χ1v) is 11.2. The Bertz CT molecular complexity index is 673. The van der Waals surface area contributed by atoms with E-state index in [-0.39, 0.29) is 30.8 Å². The zero-order chi connectivity index (χ0) is 23.5. The molecule has 4 heterocycles. The summed E-state index contributed by atoms with van der Waals surface area (Å²) in [6.07, 6.45) is -7.34. The summed E-state index contributed by atoms with van der Waals surface area (Å²) in [6.45, 7) is 4.72. The number of hydrogen-bond donors (Lipinski definition) is 6. The van der Waals surface area contributed by atoms with Gasteiger partial charge in [0.2, 0.25) is 0 Å². The number of fused-ring (bicyclic) bond motifs is 3. The summed E-state index contributed by atoms with van der Waals surface area (Å²) in [5.74, 6) is 0.0806. The lowest BCUT2D eigenvalue weighted by molar-refractivity contribution is -0.348. The smallest absolute Gasteiger partial charge is 0.186 e. The summed E-state index contributed by atoms with van der Waals surface area (Å²) in [4.78, 5) is 0. The van der Waals surface area contributed by atoms with Gasteiger partial charge in [0.1, 0.15) is 36.1 Å². The minimum atomic E-state index is -1.84. The van der Waals surface area contributed by atoms with Crippen molar-refractivity contribution < 1.29 is 54.3 Å². The molecule has 0 unspecified atom stereocenters. The maximum Gasteiger partial charge on any atom is 0.186 e. The topological polar surface area (TPSA) is 168 Å². The first-order valence-electron chi connectivity index (χ1n) is 11.2. The molecule has 1 saturated carbocycles. The lowest BCUT2D eigenvalue weighted by Gasteiger charge is -2.57. The van der Waals surface area contributed by atoms with Crippen molar-refractivity contribution in [3.63, 3.8) is 0 Å². The molecule has 5 rings (SSSR count). The van der Waals surface area contributed by atoms with Gasteiger partial charge in [-0.25, -0.2) is 0 Å². The molecule has 4 aliphatic heterocycles. The third-order valence-electron chi connectivity index (χ3n) is 7.45. The maximum absolute atomic E-state index is 10.5. The van der Waals surface area contributed by atoms with Gasteiger partial charge in [-0.15, -0.1) is 0 Å². The van der Waals surface area contributed by atoms with E-state index in [1.165, 1.54) is 0 Å². The average Bonchev–Trinajstić information content (AvgIpc) is 3.01. The number of ether oxygens (including phenoxy) is 5. The zero-order valence-corrected chi connectivity index (χ0v) is 18.7. The molecule has 0 amide bonds. The second kappa shape index (κ2) is 8.65. The van der Waals surface area contributed by atoms with Crippen LogP contribution in [0.4, 0.5) is 0 Å². The Morgan fingerprint density at radius 1 is 1.00 bits per heavy atom. The standard InChI is InChI=1S/C21H36O11/c1-19(2)10-4-5-20(3,32-19)6-11(10)30-17-15(25)14(24)13(23)12(31-17)7-28-18-16(26)21(27,8-22)9-29-18/h10-18,22-27H,4-9H2,1-3H3/t10-,11+,12+,13-,14-,15-,16+,17+,18+,20+,21+/m1/s1. The van der Waals surface area contributed by atoms with Gasteiger partial charge in [-0.3, -0.25) is 0 Å². The van der Waals surface area contributed by atoms with Crippen molar-refractivity contribution in [2.45, 2.75) is 106 Å². The van der Waals surface area contributed by atoms with Crippen LogP contribution in [-0.4, -0.2) is 116 Å². The molecule has 11 atom stereocenters. The highest BCUT2D eigenvalue weighted by atomic mass is 16.7.